The molecule has 0 atom stereocenters. The number of carbonyl (C=O) groups is 2. The maximum absolute atomic E-state index is 12.2. The molecule has 2 rings (SSSR count). The highest BCUT2D eigenvalue weighted by atomic mass is 35.5. The van der Waals surface area contributed by atoms with Crippen LogP contribution in [-0.2, 0) is 22.4 Å². The minimum Gasteiger partial charge on any atom is -0.481 e. The first-order chi connectivity index (χ1) is 12.1. The standard InChI is InChI=1S/C20H24ClNO3S/c1-12(2)7-13-8-14(21)5-6-17(13)18-22-15(11-26-18)9-16(23)10-20(3,4)19(24)25/h5-6,8,11-12H,7,9-10H2,1-4H3,(H,24,25). The molecule has 0 spiro atoms. The van der Waals surface area contributed by atoms with E-state index in [1.165, 1.54) is 11.3 Å². The molecule has 6 heteroatoms. The number of aromatic nitrogens is 1. The number of ketones is 1. The van der Waals surface area contributed by atoms with Gasteiger partial charge in [0.15, 0.2) is 0 Å². The van der Waals surface area contributed by atoms with Crippen LogP contribution in [0.3, 0.4) is 0 Å². The molecule has 1 aromatic heterocycles. The summed E-state index contributed by atoms with van der Waals surface area (Å²) in [5, 5.41) is 12.6. The third kappa shape index (κ3) is 5.39. The van der Waals surface area contributed by atoms with Crippen molar-refractivity contribution in [2.24, 2.45) is 11.3 Å². The molecular formula is C20H24ClNO3S. The van der Waals surface area contributed by atoms with Gasteiger partial charge in [-0.1, -0.05) is 31.5 Å². The molecule has 0 fully saturated rings. The fourth-order valence-corrected chi connectivity index (χ4v) is 3.80. The van der Waals surface area contributed by atoms with E-state index in [4.69, 9.17) is 16.7 Å². The van der Waals surface area contributed by atoms with Crippen LogP contribution in [-0.4, -0.2) is 21.8 Å². The molecule has 0 amide bonds. The van der Waals surface area contributed by atoms with Gasteiger partial charge in [-0.2, -0.15) is 0 Å². The Morgan fingerprint density at radius 1 is 1.31 bits per heavy atom. The Bertz CT molecular complexity index is 811. The summed E-state index contributed by atoms with van der Waals surface area (Å²) in [5.41, 5.74) is 1.81. The predicted octanol–water partition coefficient (Wildman–Crippen LogP) is 5.27. The molecule has 0 aliphatic carbocycles. The third-order valence-electron chi connectivity index (χ3n) is 4.07. The first kappa shape index (κ1) is 20.6. The summed E-state index contributed by atoms with van der Waals surface area (Å²) in [6, 6.07) is 5.79. The summed E-state index contributed by atoms with van der Waals surface area (Å²) in [5.74, 6) is -0.594. The number of nitrogens with zero attached hydrogens (tertiary/aromatic N) is 1. The summed E-state index contributed by atoms with van der Waals surface area (Å²) in [6.07, 6.45) is 1.05. The molecule has 0 bridgehead atoms. The van der Waals surface area contributed by atoms with E-state index >= 15 is 0 Å². The number of halogens is 1. The molecule has 26 heavy (non-hydrogen) atoms. The highest BCUT2D eigenvalue weighted by molar-refractivity contribution is 7.13. The lowest BCUT2D eigenvalue weighted by Crippen LogP contribution is -2.27. The van der Waals surface area contributed by atoms with Gasteiger partial charge in [-0.05, 0) is 43.9 Å². The fourth-order valence-electron chi connectivity index (χ4n) is 2.72. The number of carboxylic acid groups (broad SMARTS) is 1. The molecule has 1 heterocycles. The monoisotopic (exact) mass is 393 g/mol. The van der Waals surface area contributed by atoms with Crippen molar-refractivity contribution in [2.45, 2.75) is 47.0 Å². The van der Waals surface area contributed by atoms with Crippen molar-refractivity contribution in [3.05, 3.63) is 39.9 Å². The molecule has 0 radical (unpaired) electrons. The van der Waals surface area contributed by atoms with Gasteiger partial charge in [-0.3, -0.25) is 9.59 Å². The van der Waals surface area contributed by atoms with E-state index in [9.17, 15) is 9.59 Å². The number of aliphatic carboxylic acids is 1. The van der Waals surface area contributed by atoms with E-state index in [1.54, 1.807) is 13.8 Å². The van der Waals surface area contributed by atoms with E-state index < -0.39 is 11.4 Å². The second-order valence-electron chi connectivity index (χ2n) is 7.62. The number of carbonyl (C=O) groups excluding carboxylic acids is 1. The van der Waals surface area contributed by atoms with E-state index in [0.717, 1.165) is 22.6 Å². The first-order valence-corrected chi connectivity index (χ1v) is 9.82. The lowest BCUT2D eigenvalue weighted by Gasteiger charge is -2.17. The minimum absolute atomic E-state index is 0.00522. The van der Waals surface area contributed by atoms with Gasteiger partial charge in [0.2, 0.25) is 0 Å². The lowest BCUT2D eigenvalue weighted by atomic mass is 9.86. The molecule has 0 unspecified atom stereocenters. The Balaban J connectivity index is 2.18. The van der Waals surface area contributed by atoms with Crippen LogP contribution in [0.4, 0.5) is 0 Å². The Morgan fingerprint density at radius 3 is 2.62 bits per heavy atom. The SMILES string of the molecule is CC(C)Cc1cc(Cl)ccc1-c1nc(CC(=O)CC(C)(C)C(=O)O)cs1. The van der Waals surface area contributed by atoms with Gasteiger partial charge in [-0.25, -0.2) is 4.98 Å². The molecule has 0 aliphatic heterocycles. The van der Waals surface area contributed by atoms with Crippen molar-refractivity contribution in [1.29, 1.82) is 0 Å². The second-order valence-corrected chi connectivity index (χ2v) is 8.92. The fraction of sp³-hybridized carbons (Fsp3) is 0.450. The average molecular weight is 394 g/mol. The van der Waals surface area contributed by atoms with Gasteiger partial charge in [0.1, 0.15) is 10.8 Å². The molecule has 140 valence electrons. The van der Waals surface area contributed by atoms with Crippen LogP contribution < -0.4 is 0 Å². The van der Waals surface area contributed by atoms with Crippen molar-refractivity contribution in [1.82, 2.24) is 4.98 Å². The Labute approximate surface area is 163 Å². The molecular weight excluding hydrogens is 370 g/mol. The molecule has 2 aromatic rings. The van der Waals surface area contributed by atoms with E-state index in [0.29, 0.717) is 16.6 Å². The predicted molar refractivity (Wildman–Crippen MR) is 106 cm³/mol. The number of Topliss-reactive ketones (excluding diaryl/α,β-unsaturated/α-hetero) is 1. The van der Waals surface area contributed by atoms with Crippen LogP contribution in [0.15, 0.2) is 23.6 Å². The number of hydrogen-bond donors (Lipinski definition) is 1. The van der Waals surface area contributed by atoms with Gasteiger partial charge < -0.3 is 5.11 Å². The Morgan fingerprint density at radius 2 is 2.00 bits per heavy atom. The molecule has 4 nitrogen and oxygen atoms in total. The molecule has 0 saturated heterocycles. The van der Waals surface area contributed by atoms with Crippen LogP contribution in [0.2, 0.25) is 5.02 Å². The minimum atomic E-state index is -1.06. The Kier molecular flexibility index (Phi) is 6.58. The number of benzene rings is 1. The highest BCUT2D eigenvalue weighted by Crippen LogP contribution is 2.31. The average Bonchev–Trinajstić information content (AvgIpc) is 2.93. The van der Waals surface area contributed by atoms with Crippen molar-refractivity contribution in [3.63, 3.8) is 0 Å². The molecule has 0 aliphatic rings. The summed E-state index contributed by atoms with van der Waals surface area (Å²) >= 11 is 7.63. The van der Waals surface area contributed by atoms with Gasteiger partial charge in [0.05, 0.1) is 11.1 Å². The second kappa shape index (κ2) is 8.31. The zero-order valence-electron chi connectivity index (χ0n) is 15.5. The van der Waals surface area contributed by atoms with Gasteiger partial charge in [0.25, 0.3) is 0 Å². The van der Waals surface area contributed by atoms with Crippen LogP contribution >= 0.6 is 22.9 Å². The first-order valence-electron chi connectivity index (χ1n) is 8.57. The zero-order valence-corrected chi connectivity index (χ0v) is 17.1. The summed E-state index contributed by atoms with van der Waals surface area (Å²) in [7, 11) is 0. The third-order valence-corrected chi connectivity index (χ3v) is 5.23. The Hall–Kier alpha value is -1.72. The summed E-state index contributed by atoms with van der Waals surface area (Å²) < 4.78 is 0. The van der Waals surface area contributed by atoms with Crippen LogP contribution in [0.5, 0.6) is 0 Å². The van der Waals surface area contributed by atoms with Gasteiger partial charge >= 0.3 is 5.97 Å². The van der Waals surface area contributed by atoms with Crippen molar-refractivity contribution in [2.75, 3.05) is 0 Å². The largest absolute Gasteiger partial charge is 0.481 e. The van der Waals surface area contributed by atoms with Gasteiger partial charge in [-0.15, -0.1) is 11.3 Å². The van der Waals surface area contributed by atoms with Crippen molar-refractivity contribution < 1.29 is 14.7 Å². The highest BCUT2D eigenvalue weighted by Gasteiger charge is 2.30. The molecule has 1 N–H and O–H groups in total. The van der Waals surface area contributed by atoms with Crippen LogP contribution in [0.1, 0.15) is 45.4 Å². The van der Waals surface area contributed by atoms with E-state index in [-0.39, 0.29) is 18.6 Å². The number of hydrogen-bond acceptors (Lipinski definition) is 4. The number of carboxylic acids is 1. The summed E-state index contributed by atoms with van der Waals surface area (Å²) in [6.45, 7) is 7.43. The molecule has 0 saturated carbocycles. The van der Waals surface area contributed by atoms with E-state index in [2.05, 4.69) is 18.8 Å². The van der Waals surface area contributed by atoms with Crippen molar-refractivity contribution >= 4 is 34.7 Å². The smallest absolute Gasteiger partial charge is 0.309 e. The topological polar surface area (TPSA) is 67.3 Å². The number of rotatable bonds is 8. The van der Waals surface area contributed by atoms with Crippen LogP contribution in [0, 0.1) is 11.3 Å². The van der Waals surface area contributed by atoms with Crippen LogP contribution in [0.25, 0.3) is 10.6 Å². The number of thiazole rings is 1. The quantitative estimate of drug-likeness (QED) is 0.662. The maximum atomic E-state index is 12.2. The lowest BCUT2D eigenvalue weighted by molar-refractivity contribution is -0.149. The van der Waals surface area contributed by atoms with Gasteiger partial charge in [0, 0.05) is 28.8 Å². The molecule has 1 aromatic carbocycles. The summed E-state index contributed by atoms with van der Waals surface area (Å²) in [4.78, 5) is 28.0. The maximum Gasteiger partial charge on any atom is 0.309 e. The van der Waals surface area contributed by atoms with E-state index in [1.807, 2.05) is 23.6 Å². The van der Waals surface area contributed by atoms with Crippen molar-refractivity contribution in [3.8, 4) is 10.6 Å². The normalized spacial score (nSPS) is 11.8. The zero-order chi connectivity index (χ0) is 19.5.